The average molecular weight is 421 g/mol. The van der Waals surface area contributed by atoms with Crippen LogP contribution in [0.4, 0.5) is 0 Å². The van der Waals surface area contributed by atoms with Crippen LogP contribution in [0.15, 0.2) is 24.3 Å². The topological polar surface area (TPSA) is 60.0 Å². The van der Waals surface area contributed by atoms with Crippen molar-refractivity contribution in [1.82, 2.24) is 10.4 Å². The largest absolute Gasteiger partial charge is 0.319 e. The molecule has 7 heteroatoms. The van der Waals surface area contributed by atoms with E-state index >= 15 is 0 Å². The lowest BCUT2D eigenvalue weighted by molar-refractivity contribution is -0.549. The Hall–Kier alpha value is -1.18. The number of nitrogens with one attached hydrogen (secondary N) is 1. The number of hydrogen-bond acceptors (Lipinski definition) is 5. The summed E-state index contributed by atoms with van der Waals surface area (Å²) in [4.78, 5) is 25.5. The molecule has 5 fully saturated rings. The molecule has 6 rings (SSSR count). The van der Waals surface area contributed by atoms with Crippen molar-refractivity contribution in [2.24, 2.45) is 23.7 Å². The fourth-order valence-corrected chi connectivity index (χ4v) is 6.12. The normalized spacial score (nSPS) is 43.8. The van der Waals surface area contributed by atoms with Gasteiger partial charge in [-0.15, -0.1) is 0 Å². The van der Waals surface area contributed by atoms with Crippen molar-refractivity contribution in [3.8, 4) is 0 Å². The maximum absolute atomic E-state index is 13.4. The van der Waals surface area contributed by atoms with Gasteiger partial charge in [-0.2, -0.15) is 0 Å². The summed E-state index contributed by atoms with van der Waals surface area (Å²) in [7, 11) is 0. The number of fused-ring (bicyclic) bond motifs is 2. The van der Waals surface area contributed by atoms with E-state index in [1.807, 2.05) is 38.1 Å². The van der Waals surface area contributed by atoms with E-state index in [-0.39, 0.29) is 17.7 Å². The first-order valence-corrected chi connectivity index (χ1v) is 11.1. The Balaban J connectivity index is 1.51. The van der Waals surface area contributed by atoms with E-state index in [1.165, 1.54) is 0 Å². The molecule has 2 bridgehead atoms. The Kier molecular flexibility index (Phi) is 4.72. The Morgan fingerprint density at radius 2 is 1.90 bits per heavy atom. The Labute approximate surface area is 176 Å². The number of carbonyl (C=O) groups is 1. The van der Waals surface area contributed by atoms with Gasteiger partial charge in [0.1, 0.15) is 0 Å². The Morgan fingerprint density at radius 3 is 2.66 bits per heavy atom. The van der Waals surface area contributed by atoms with Gasteiger partial charge in [-0.05, 0) is 55.7 Å². The number of nitrogens with zero attached hydrogens (tertiary/aromatic N) is 1. The molecular formula is C22H29ClN2O4. The second-order valence-electron chi connectivity index (χ2n) is 9.39. The number of halogens is 1. The van der Waals surface area contributed by atoms with Crippen LogP contribution in [0, 0.1) is 23.7 Å². The van der Waals surface area contributed by atoms with Crippen molar-refractivity contribution in [3.05, 3.63) is 34.9 Å². The van der Waals surface area contributed by atoms with Crippen molar-refractivity contribution in [2.75, 3.05) is 0 Å². The first kappa shape index (κ1) is 19.8. The smallest absolute Gasteiger partial charge is 0.242 e. The van der Waals surface area contributed by atoms with E-state index in [2.05, 4.69) is 12.3 Å². The van der Waals surface area contributed by atoms with Gasteiger partial charge in [-0.1, -0.05) is 37.6 Å². The van der Waals surface area contributed by atoms with Crippen molar-refractivity contribution >= 4 is 17.5 Å². The van der Waals surface area contributed by atoms with Crippen LogP contribution in [-0.2, 0) is 25.9 Å². The number of hydrazine groups is 1. The Morgan fingerprint density at radius 1 is 1.14 bits per heavy atom. The molecule has 0 radical (unpaired) electrons. The van der Waals surface area contributed by atoms with Crippen LogP contribution in [0.2, 0.25) is 5.02 Å². The fraction of sp³-hybridized carbons (Fsp3) is 0.682. The molecule has 1 spiro atoms. The molecule has 1 N–H and O–H groups in total. The highest BCUT2D eigenvalue weighted by Crippen LogP contribution is 2.60. The summed E-state index contributed by atoms with van der Waals surface area (Å²) in [5, 5.41) is 2.38. The molecule has 158 valence electrons. The number of piperidine rings is 1. The molecule has 1 amide bonds. The summed E-state index contributed by atoms with van der Waals surface area (Å²) in [6.45, 7) is 6.73. The molecule has 1 aromatic carbocycles. The van der Waals surface area contributed by atoms with Gasteiger partial charge in [0, 0.05) is 29.8 Å². The highest BCUT2D eigenvalue weighted by atomic mass is 35.5. The molecular weight excluding hydrogens is 392 g/mol. The fourth-order valence-electron chi connectivity index (χ4n) is 6.00. The molecule has 4 heterocycles. The van der Waals surface area contributed by atoms with E-state index in [4.69, 9.17) is 26.1 Å². The van der Waals surface area contributed by atoms with E-state index in [9.17, 15) is 4.79 Å². The van der Waals surface area contributed by atoms with Crippen LogP contribution < -0.4 is 5.43 Å². The summed E-state index contributed by atoms with van der Waals surface area (Å²) in [5.41, 5.74) is 3.76. The summed E-state index contributed by atoms with van der Waals surface area (Å²) in [6.07, 6.45) is 3.31. The maximum atomic E-state index is 13.4. The van der Waals surface area contributed by atoms with Crippen LogP contribution in [-0.4, -0.2) is 28.5 Å². The van der Waals surface area contributed by atoms with Crippen LogP contribution in [0.25, 0.3) is 0 Å². The summed E-state index contributed by atoms with van der Waals surface area (Å²) in [5.74, 6) is -0.0388. The first-order valence-electron chi connectivity index (χ1n) is 10.7. The zero-order chi connectivity index (χ0) is 20.4. The predicted octanol–water partition coefficient (Wildman–Crippen LogP) is 4.04. The van der Waals surface area contributed by atoms with Gasteiger partial charge in [0.2, 0.25) is 11.7 Å². The molecule has 7 atom stereocenters. The number of carbonyl (C=O) groups excluding carboxylic acids is 1. The third-order valence-corrected chi connectivity index (χ3v) is 7.88. The van der Waals surface area contributed by atoms with Crippen LogP contribution in [0.3, 0.4) is 0 Å². The van der Waals surface area contributed by atoms with Gasteiger partial charge >= 0.3 is 0 Å². The molecule has 29 heavy (non-hydrogen) atoms. The monoisotopic (exact) mass is 420 g/mol. The molecule has 0 aromatic heterocycles. The lowest BCUT2D eigenvalue weighted by Crippen LogP contribution is -2.76. The molecule has 1 aliphatic carbocycles. The molecule has 1 saturated carbocycles. The molecule has 4 saturated heterocycles. The highest BCUT2D eigenvalue weighted by Gasteiger charge is 2.70. The molecule has 5 aliphatic rings. The van der Waals surface area contributed by atoms with Gasteiger partial charge in [-0.3, -0.25) is 4.79 Å². The number of hydrogen-bond donors (Lipinski definition) is 1. The van der Waals surface area contributed by atoms with Gasteiger partial charge in [0.15, 0.2) is 11.8 Å². The molecule has 4 aliphatic heterocycles. The van der Waals surface area contributed by atoms with Gasteiger partial charge < -0.3 is 4.74 Å². The van der Waals surface area contributed by atoms with Crippen molar-refractivity contribution in [2.45, 2.75) is 70.6 Å². The molecule has 6 nitrogen and oxygen atoms in total. The van der Waals surface area contributed by atoms with E-state index in [0.717, 1.165) is 31.2 Å². The Bertz CT molecular complexity index is 805. The number of benzene rings is 1. The zero-order valence-electron chi connectivity index (χ0n) is 17.2. The average Bonchev–Trinajstić information content (AvgIpc) is 2.94. The van der Waals surface area contributed by atoms with Crippen LogP contribution in [0.5, 0.6) is 0 Å². The lowest BCUT2D eigenvalue weighted by atomic mass is 9.57. The maximum Gasteiger partial charge on any atom is 0.242 e. The summed E-state index contributed by atoms with van der Waals surface area (Å²) in [6, 6.07) is 7.63. The lowest BCUT2D eigenvalue weighted by Gasteiger charge is -2.61. The predicted molar refractivity (Wildman–Crippen MR) is 107 cm³/mol. The van der Waals surface area contributed by atoms with Crippen molar-refractivity contribution in [1.29, 1.82) is 0 Å². The van der Waals surface area contributed by atoms with E-state index in [0.29, 0.717) is 23.4 Å². The molecule has 1 unspecified atom stereocenters. The summed E-state index contributed by atoms with van der Waals surface area (Å²) >= 11 is 6.00. The number of rotatable bonds is 3. The van der Waals surface area contributed by atoms with Crippen molar-refractivity contribution in [3.63, 3.8) is 0 Å². The minimum absolute atomic E-state index is 0.0626. The second kappa shape index (κ2) is 6.92. The molecule has 1 aromatic rings. The summed E-state index contributed by atoms with van der Waals surface area (Å²) < 4.78 is 6.49. The quantitative estimate of drug-likeness (QED) is 0.748. The second-order valence-corrected chi connectivity index (χ2v) is 9.83. The first-order chi connectivity index (χ1) is 13.8. The zero-order valence-corrected chi connectivity index (χ0v) is 17.9. The van der Waals surface area contributed by atoms with Crippen LogP contribution >= 0.6 is 11.6 Å². The van der Waals surface area contributed by atoms with Crippen molar-refractivity contribution < 1.29 is 19.3 Å². The van der Waals surface area contributed by atoms with E-state index < -0.39 is 17.6 Å². The van der Waals surface area contributed by atoms with Gasteiger partial charge in [0.05, 0.1) is 0 Å². The standard InChI is InChI=1S/C22H29ClN2O4/c1-13-4-9-18-14(2)19(26)25(24-12-15-5-7-16(23)8-6-15)20-22(18)17(13)10-11-21(3,27-20)28-29-22/h5-8,13-14,17-18,20,24H,4,9-12H2,1-3H3/t13-,14-,17+,18+,20-,21?,22-/m1/s1. The van der Waals surface area contributed by atoms with E-state index in [1.54, 1.807) is 5.01 Å². The SMILES string of the molecule is C[C@@H]1CC[C@H]2[C@@H](C)C(=O)N(NCc3ccc(Cl)cc3)[C@@H]3OC4(C)CC[C@@H]1[C@@]23OO4. The third-order valence-electron chi connectivity index (χ3n) is 7.63. The minimum Gasteiger partial charge on any atom is -0.319 e. The van der Waals surface area contributed by atoms with Gasteiger partial charge in [-0.25, -0.2) is 20.2 Å². The van der Waals surface area contributed by atoms with Gasteiger partial charge in [0.25, 0.3) is 0 Å². The highest BCUT2D eigenvalue weighted by molar-refractivity contribution is 6.30. The van der Waals surface area contributed by atoms with Crippen LogP contribution in [0.1, 0.15) is 52.0 Å². The number of ether oxygens (including phenoxy) is 1. The third kappa shape index (κ3) is 2.95. The number of amides is 1. The minimum atomic E-state index is -0.835.